The third-order valence-electron chi connectivity index (χ3n) is 5.59. The van der Waals surface area contributed by atoms with Gasteiger partial charge in [0.2, 0.25) is 0 Å². The number of nitrogens with one attached hydrogen (secondary N) is 1. The van der Waals surface area contributed by atoms with Gasteiger partial charge in [0.25, 0.3) is 0 Å². The number of nitrogens with zero attached hydrogens (tertiary/aromatic N) is 1. The summed E-state index contributed by atoms with van der Waals surface area (Å²) in [5.74, 6) is 0. The maximum atomic E-state index is 12.2. The lowest BCUT2D eigenvalue weighted by Crippen LogP contribution is -2.36. The molecule has 2 atom stereocenters. The van der Waals surface area contributed by atoms with Crippen LogP contribution in [0.4, 0.5) is 4.79 Å². The fourth-order valence-corrected chi connectivity index (χ4v) is 4.21. The third-order valence-corrected chi connectivity index (χ3v) is 5.59. The fraction of sp³-hybridized carbons (Fsp3) is 0.682. The molecule has 1 aromatic rings. The molecule has 1 amide bonds. The highest BCUT2D eigenvalue weighted by Gasteiger charge is 2.26. The van der Waals surface area contributed by atoms with E-state index in [1.807, 2.05) is 20.8 Å². The van der Waals surface area contributed by atoms with Crippen molar-refractivity contribution in [2.24, 2.45) is 0 Å². The Morgan fingerprint density at radius 1 is 1.19 bits per heavy atom. The van der Waals surface area contributed by atoms with Crippen LogP contribution in [0.25, 0.3) is 0 Å². The molecule has 1 aromatic carbocycles. The normalized spacial score (nSPS) is 22.4. The van der Waals surface area contributed by atoms with E-state index in [4.69, 9.17) is 4.74 Å². The van der Waals surface area contributed by atoms with Gasteiger partial charge in [-0.15, -0.1) is 0 Å². The smallest absolute Gasteiger partial charge is 0.408 e. The first-order valence-electron chi connectivity index (χ1n) is 10.2. The molecule has 1 saturated heterocycles. The number of fused-ring (bicyclic) bond motifs is 1. The van der Waals surface area contributed by atoms with Crippen molar-refractivity contribution in [1.82, 2.24) is 10.2 Å². The van der Waals surface area contributed by atoms with Crippen molar-refractivity contribution < 1.29 is 9.53 Å². The van der Waals surface area contributed by atoms with Crippen LogP contribution < -0.4 is 5.32 Å². The van der Waals surface area contributed by atoms with Gasteiger partial charge in [0.05, 0.1) is 6.04 Å². The zero-order valence-corrected chi connectivity index (χ0v) is 16.8. The zero-order chi connectivity index (χ0) is 18.7. The number of hydrogen-bond donors (Lipinski definition) is 1. The summed E-state index contributed by atoms with van der Waals surface area (Å²) >= 11 is 0. The predicted octanol–water partition coefficient (Wildman–Crippen LogP) is 5.14. The Morgan fingerprint density at radius 2 is 1.92 bits per heavy atom. The van der Waals surface area contributed by atoms with Crippen molar-refractivity contribution in [3.63, 3.8) is 0 Å². The molecule has 26 heavy (non-hydrogen) atoms. The largest absolute Gasteiger partial charge is 0.444 e. The van der Waals surface area contributed by atoms with E-state index in [2.05, 4.69) is 35.3 Å². The van der Waals surface area contributed by atoms with Crippen LogP contribution in [-0.4, -0.2) is 29.7 Å². The summed E-state index contributed by atoms with van der Waals surface area (Å²) in [6.07, 6.45) is 6.87. The first kappa shape index (κ1) is 19.2. The van der Waals surface area contributed by atoms with E-state index in [1.165, 1.54) is 49.0 Å². The van der Waals surface area contributed by atoms with Crippen LogP contribution in [0.5, 0.6) is 0 Å². The highest BCUT2D eigenvalue weighted by molar-refractivity contribution is 5.68. The molecule has 1 fully saturated rings. The summed E-state index contributed by atoms with van der Waals surface area (Å²) < 4.78 is 5.44. The number of aryl methyl sites for hydroxylation is 1. The van der Waals surface area contributed by atoms with Crippen molar-refractivity contribution in [2.75, 3.05) is 13.1 Å². The molecular weight excluding hydrogens is 324 g/mol. The van der Waals surface area contributed by atoms with Crippen molar-refractivity contribution in [3.05, 3.63) is 34.9 Å². The monoisotopic (exact) mass is 358 g/mol. The Balaban J connectivity index is 1.71. The SMILES string of the molecule is CC(c1ccc2c(c1)CCC[C@H]2NC(=O)OC(C)(C)C)N1CCCCC1. The van der Waals surface area contributed by atoms with Crippen molar-refractivity contribution in [2.45, 2.75) is 83.9 Å². The number of rotatable bonds is 3. The van der Waals surface area contributed by atoms with E-state index in [0.717, 1.165) is 19.3 Å². The van der Waals surface area contributed by atoms with Gasteiger partial charge in [0.1, 0.15) is 5.60 Å². The lowest BCUT2D eigenvalue weighted by atomic mass is 9.85. The van der Waals surface area contributed by atoms with E-state index in [-0.39, 0.29) is 12.1 Å². The molecule has 1 N–H and O–H groups in total. The Labute approximate surface area is 158 Å². The number of ether oxygens (including phenoxy) is 1. The Hall–Kier alpha value is -1.55. The highest BCUT2D eigenvalue weighted by atomic mass is 16.6. The molecule has 1 aliphatic carbocycles. The van der Waals surface area contributed by atoms with Crippen molar-refractivity contribution in [1.29, 1.82) is 0 Å². The van der Waals surface area contributed by atoms with Gasteiger partial charge in [0.15, 0.2) is 0 Å². The summed E-state index contributed by atoms with van der Waals surface area (Å²) in [6, 6.07) is 7.39. The molecule has 1 heterocycles. The number of benzene rings is 1. The zero-order valence-electron chi connectivity index (χ0n) is 16.8. The number of amides is 1. The van der Waals surface area contributed by atoms with Gasteiger partial charge in [-0.1, -0.05) is 24.6 Å². The van der Waals surface area contributed by atoms with Crippen LogP contribution in [0, 0.1) is 0 Å². The summed E-state index contributed by atoms with van der Waals surface area (Å²) in [6.45, 7) is 10.4. The second-order valence-corrected chi connectivity index (χ2v) is 8.82. The summed E-state index contributed by atoms with van der Waals surface area (Å²) in [5.41, 5.74) is 3.59. The summed E-state index contributed by atoms with van der Waals surface area (Å²) in [4.78, 5) is 14.8. The maximum absolute atomic E-state index is 12.2. The molecule has 0 bridgehead atoms. The maximum Gasteiger partial charge on any atom is 0.408 e. The van der Waals surface area contributed by atoms with E-state index >= 15 is 0 Å². The van der Waals surface area contributed by atoms with Gasteiger partial charge in [-0.05, 0) is 89.6 Å². The molecule has 4 nitrogen and oxygen atoms in total. The van der Waals surface area contributed by atoms with Crippen LogP contribution in [0.2, 0.25) is 0 Å². The molecular formula is C22H34N2O2. The van der Waals surface area contributed by atoms with E-state index in [1.54, 1.807) is 0 Å². The molecule has 0 spiro atoms. The molecule has 2 aliphatic rings. The lowest BCUT2D eigenvalue weighted by Gasteiger charge is -2.34. The Kier molecular flexibility index (Phi) is 5.91. The van der Waals surface area contributed by atoms with Gasteiger partial charge in [-0.3, -0.25) is 4.90 Å². The van der Waals surface area contributed by atoms with Gasteiger partial charge in [0, 0.05) is 6.04 Å². The summed E-state index contributed by atoms with van der Waals surface area (Å²) in [7, 11) is 0. The minimum absolute atomic E-state index is 0.0629. The second kappa shape index (κ2) is 7.99. The molecule has 1 aliphatic heterocycles. The van der Waals surface area contributed by atoms with E-state index < -0.39 is 5.60 Å². The standard InChI is InChI=1S/C22H34N2O2/c1-16(24-13-6-5-7-14-24)17-11-12-19-18(15-17)9-8-10-20(19)23-21(25)26-22(2,3)4/h11-12,15-16,20H,5-10,13-14H2,1-4H3,(H,23,25)/t16?,20-/m1/s1. The number of likely N-dealkylation sites (tertiary alicyclic amines) is 1. The Bertz CT molecular complexity index is 630. The van der Waals surface area contributed by atoms with E-state index in [0.29, 0.717) is 6.04 Å². The molecule has 0 radical (unpaired) electrons. The van der Waals surface area contributed by atoms with Gasteiger partial charge in [-0.25, -0.2) is 4.79 Å². The first-order valence-corrected chi connectivity index (χ1v) is 10.2. The fourth-order valence-electron chi connectivity index (χ4n) is 4.21. The summed E-state index contributed by atoms with van der Waals surface area (Å²) in [5, 5.41) is 3.07. The quantitative estimate of drug-likeness (QED) is 0.814. The van der Waals surface area contributed by atoms with Gasteiger partial charge < -0.3 is 10.1 Å². The van der Waals surface area contributed by atoms with Crippen LogP contribution in [0.3, 0.4) is 0 Å². The molecule has 0 aromatic heterocycles. The molecule has 3 rings (SSSR count). The average Bonchev–Trinajstić information content (AvgIpc) is 2.60. The first-order chi connectivity index (χ1) is 12.3. The number of hydrogen-bond acceptors (Lipinski definition) is 3. The van der Waals surface area contributed by atoms with Gasteiger partial charge >= 0.3 is 6.09 Å². The van der Waals surface area contributed by atoms with Gasteiger partial charge in [-0.2, -0.15) is 0 Å². The second-order valence-electron chi connectivity index (χ2n) is 8.82. The topological polar surface area (TPSA) is 41.6 Å². The van der Waals surface area contributed by atoms with Crippen LogP contribution in [-0.2, 0) is 11.2 Å². The molecule has 4 heteroatoms. The van der Waals surface area contributed by atoms with Crippen LogP contribution in [0.15, 0.2) is 18.2 Å². The van der Waals surface area contributed by atoms with E-state index in [9.17, 15) is 4.79 Å². The molecule has 0 saturated carbocycles. The molecule has 144 valence electrons. The van der Waals surface area contributed by atoms with Crippen LogP contribution >= 0.6 is 0 Å². The lowest BCUT2D eigenvalue weighted by molar-refractivity contribution is 0.0498. The predicted molar refractivity (Wildman–Crippen MR) is 105 cm³/mol. The minimum Gasteiger partial charge on any atom is -0.444 e. The number of carbonyl (C=O) groups excluding carboxylic acids is 1. The van der Waals surface area contributed by atoms with Crippen LogP contribution in [0.1, 0.15) is 88.6 Å². The van der Waals surface area contributed by atoms with Crippen molar-refractivity contribution in [3.8, 4) is 0 Å². The average molecular weight is 359 g/mol. The highest BCUT2D eigenvalue weighted by Crippen LogP contribution is 2.33. The Morgan fingerprint density at radius 3 is 2.62 bits per heavy atom. The number of alkyl carbamates (subject to hydrolysis) is 1. The van der Waals surface area contributed by atoms with Crippen molar-refractivity contribution >= 4 is 6.09 Å². The third kappa shape index (κ3) is 4.79. The number of piperidine rings is 1. The minimum atomic E-state index is -0.463. The molecule has 1 unspecified atom stereocenters. The number of carbonyl (C=O) groups is 1.